The average Bonchev–Trinajstić information content (AvgIpc) is 2.91. The SMILES string of the molecule is OBOc1ccc([Si](c2ccc(B(O)O)cc2)(c2ccc(B(O)O)cc2)c2ccc(B(O)O)cc2)cc1. The van der Waals surface area contributed by atoms with E-state index < -0.39 is 37.1 Å². The molecule has 7 N–H and O–H groups in total. The van der Waals surface area contributed by atoms with Crippen LogP contribution in [-0.4, -0.2) is 72.3 Å². The second-order valence-electron chi connectivity index (χ2n) is 8.53. The van der Waals surface area contributed by atoms with Gasteiger partial charge in [-0.05, 0) is 49.3 Å². The Morgan fingerprint density at radius 1 is 0.459 bits per heavy atom. The summed E-state index contributed by atoms with van der Waals surface area (Å²) in [6.45, 7) is 0. The van der Waals surface area contributed by atoms with Gasteiger partial charge in [0.15, 0.2) is 8.07 Å². The molecule has 8 nitrogen and oxygen atoms in total. The van der Waals surface area contributed by atoms with Crippen LogP contribution in [0.2, 0.25) is 0 Å². The van der Waals surface area contributed by atoms with E-state index in [4.69, 9.17) is 9.68 Å². The Hall–Kier alpha value is -3.12. The molecule has 0 aliphatic rings. The Balaban J connectivity index is 2.04. The quantitative estimate of drug-likeness (QED) is 0.0870. The summed E-state index contributed by atoms with van der Waals surface area (Å²) in [6, 6.07) is 28.2. The van der Waals surface area contributed by atoms with E-state index in [1.54, 1.807) is 48.5 Å². The van der Waals surface area contributed by atoms with Gasteiger partial charge in [-0.25, -0.2) is 0 Å². The van der Waals surface area contributed by atoms with Crippen molar-refractivity contribution in [1.29, 1.82) is 0 Å². The number of hydrogen-bond acceptors (Lipinski definition) is 8. The highest BCUT2D eigenvalue weighted by atomic mass is 28.3. The molecule has 0 saturated carbocycles. The molecule has 0 spiro atoms. The zero-order chi connectivity index (χ0) is 26.6. The smallest absolute Gasteiger partial charge is 0.504 e. The molecule has 0 unspecified atom stereocenters. The third kappa shape index (κ3) is 5.44. The monoisotopic (exact) mass is 512 g/mol. The van der Waals surface area contributed by atoms with Crippen molar-refractivity contribution in [2.45, 2.75) is 0 Å². The van der Waals surface area contributed by atoms with E-state index in [9.17, 15) is 30.1 Å². The van der Waals surface area contributed by atoms with Crippen LogP contribution >= 0.6 is 0 Å². The molecule has 0 amide bonds. The van der Waals surface area contributed by atoms with Crippen LogP contribution in [0.5, 0.6) is 5.75 Å². The second-order valence-corrected chi connectivity index (χ2v) is 12.3. The topological polar surface area (TPSA) is 151 Å². The zero-order valence-corrected chi connectivity index (χ0v) is 20.7. The summed E-state index contributed by atoms with van der Waals surface area (Å²) < 4.78 is 5.22. The predicted molar refractivity (Wildman–Crippen MR) is 150 cm³/mol. The van der Waals surface area contributed by atoms with Crippen LogP contribution in [0.25, 0.3) is 0 Å². The number of benzene rings is 4. The highest BCUT2D eigenvalue weighted by molar-refractivity contribution is 7.20. The molecule has 0 aromatic heterocycles. The predicted octanol–water partition coefficient (Wildman–Crippen LogP) is -5.26. The van der Waals surface area contributed by atoms with Gasteiger partial charge in [-0.1, -0.05) is 84.9 Å². The fourth-order valence-electron chi connectivity index (χ4n) is 4.59. The molecule has 37 heavy (non-hydrogen) atoms. The van der Waals surface area contributed by atoms with Crippen molar-refractivity contribution in [1.82, 2.24) is 0 Å². The number of rotatable bonds is 9. The number of hydrogen-bond donors (Lipinski definition) is 7. The van der Waals surface area contributed by atoms with Gasteiger partial charge < -0.3 is 39.8 Å². The molecule has 4 rings (SSSR count). The Morgan fingerprint density at radius 3 is 0.973 bits per heavy atom. The van der Waals surface area contributed by atoms with Crippen molar-refractivity contribution in [3.8, 4) is 5.75 Å². The first kappa shape index (κ1) is 26.9. The Bertz CT molecular complexity index is 1180. The van der Waals surface area contributed by atoms with E-state index in [0.717, 1.165) is 20.7 Å². The Morgan fingerprint density at radius 2 is 0.730 bits per heavy atom. The summed E-state index contributed by atoms with van der Waals surface area (Å²) in [7, 11) is -8.48. The highest BCUT2D eigenvalue weighted by Gasteiger charge is 2.42. The molecule has 0 aliphatic heterocycles. The van der Waals surface area contributed by atoms with Crippen molar-refractivity contribution in [2.75, 3.05) is 0 Å². The summed E-state index contributed by atoms with van der Waals surface area (Å²) in [4.78, 5) is 0. The average molecular weight is 512 g/mol. The third-order valence-corrected chi connectivity index (χ3v) is 11.2. The van der Waals surface area contributed by atoms with Crippen LogP contribution < -0.4 is 41.8 Å². The molecule has 184 valence electrons. The van der Waals surface area contributed by atoms with E-state index >= 15 is 0 Å². The summed E-state index contributed by atoms with van der Waals surface area (Å²) in [6.07, 6.45) is 0. The van der Waals surface area contributed by atoms with Crippen LogP contribution in [0.15, 0.2) is 97.1 Å². The molecule has 13 heteroatoms. The molecule has 4 aromatic carbocycles. The molecule has 0 aliphatic carbocycles. The van der Waals surface area contributed by atoms with Gasteiger partial charge in [0.1, 0.15) is 5.75 Å². The fraction of sp³-hybridized carbons (Fsp3) is 0. The van der Waals surface area contributed by atoms with Crippen LogP contribution in [0.4, 0.5) is 0 Å². The molecular formula is C24H24B4O8Si. The van der Waals surface area contributed by atoms with E-state index in [2.05, 4.69) is 0 Å². The Labute approximate surface area is 216 Å². The van der Waals surface area contributed by atoms with Crippen molar-refractivity contribution in [2.24, 2.45) is 0 Å². The lowest BCUT2D eigenvalue weighted by Gasteiger charge is -2.35. The third-order valence-electron chi connectivity index (χ3n) is 6.44. The zero-order valence-electron chi connectivity index (χ0n) is 19.7. The first-order valence-corrected chi connectivity index (χ1v) is 13.5. The van der Waals surface area contributed by atoms with Gasteiger partial charge in [0.25, 0.3) is 0 Å². The van der Waals surface area contributed by atoms with Gasteiger partial charge in [-0.2, -0.15) is 0 Å². The van der Waals surface area contributed by atoms with Crippen molar-refractivity contribution < 1.29 is 39.8 Å². The standard InChI is InChI=1S/C24H24B4O8Si/c29-25-36-20-7-15-24(16-8-20)37(21-9-1-17(2-10-21)26(30)31,22-11-3-18(4-12-22)27(32)33)23-13-5-19(6-14-23)28(34)35/h1-16,25,29-35H. The lowest BCUT2D eigenvalue weighted by molar-refractivity contribution is 0.424. The van der Waals surface area contributed by atoms with Crippen molar-refractivity contribution in [3.63, 3.8) is 0 Å². The molecule has 4 aromatic rings. The molecule has 0 bridgehead atoms. The van der Waals surface area contributed by atoms with Crippen LogP contribution in [0.3, 0.4) is 0 Å². The van der Waals surface area contributed by atoms with Crippen LogP contribution in [0.1, 0.15) is 0 Å². The molecular weight excluding hydrogens is 488 g/mol. The summed E-state index contributed by atoms with van der Waals surface area (Å²) in [5, 5.41) is 70.7. The molecule has 0 fully saturated rings. The highest BCUT2D eigenvalue weighted by Crippen LogP contribution is 2.13. The largest absolute Gasteiger partial charge is 0.539 e. The minimum absolute atomic E-state index is 0.329. The molecule has 0 radical (unpaired) electrons. The van der Waals surface area contributed by atoms with Gasteiger partial charge in [0, 0.05) is 0 Å². The maximum atomic E-state index is 9.65. The molecule has 0 heterocycles. The van der Waals surface area contributed by atoms with Gasteiger partial charge in [-0.3, -0.25) is 0 Å². The first-order chi connectivity index (χ1) is 17.8. The van der Waals surface area contributed by atoms with Gasteiger partial charge in [0.2, 0.25) is 0 Å². The maximum Gasteiger partial charge on any atom is 0.504 e. The van der Waals surface area contributed by atoms with Crippen LogP contribution in [0, 0.1) is 0 Å². The van der Waals surface area contributed by atoms with Gasteiger partial charge >= 0.3 is 29.0 Å². The molecule has 0 atom stereocenters. The Kier molecular flexibility index (Phi) is 8.38. The fourth-order valence-corrected chi connectivity index (χ4v) is 9.26. The van der Waals surface area contributed by atoms with E-state index in [1.807, 2.05) is 48.5 Å². The molecule has 0 saturated heterocycles. The lowest BCUT2D eigenvalue weighted by atomic mass is 9.80. The summed E-state index contributed by atoms with van der Waals surface area (Å²) in [5.74, 6) is 0.477. The van der Waals surface area contributed by atoms with E-state index in [1.165, 1.54) is 0 Å². The van der Waals surface area contributed by atoms with Crippen molar-refractivity contribution in [3.05, 3.63) is 97.1 Å². The van der Waals surface area contributed by atoms with Gasteiger partial charge in [0.05, 0.1) is 0 Å². The minimum Gasteiger partial charge on any atom is -0.539 e. The van der Waals surface area contributed by atoms with E-state index in [-0.39, 0.29) is 0 Å². The van der Waals surface area contributed by atoms with Crippen molar-refractivity contribution >= 4 is 74.2 Å². The maximum absolute atomic E-state index is 9.65. The summed E-state index contributed by atoms with van der Waals surface area (Å²) in [5.41, 5.74) is 0.988. The second kappa shape index (κ2) is 11.5. The van der Waals surface area contributed by atoms with Gasteiger partial charge in [-0.15, -0.1) is 0 Å². The summed E-state index contributed by atoms with van der Waals surface area (Å²) >= 11 is 0. The lowest BCUT2D eigenvalue weighted by Crippen LogP contribution is -2.75. The normalized spacial score (nSPS) is 11.1. The minimum atomic E-state index is -3.13. The van der Waals surface area contributed by atoms with Crippen LogP contribution in [-0.2, 0) is 0 Å². The first-order valence-electron chi connectivity index (χ1n) is 11.5. The van der Waals surface area contributed by atoms with E-state index in [0.29, 0.717) is 22.1 Å².